The Hall–Kier alpha value is -1.36. The number of amides is 1. The molecular weight excluding hydrogens is 284 g/mol. The molecule has 1 fully saturated rings. The molecule has 90 valence electrons. The van der Waals surface area contributed by atoms with Gasteiger partial charge in [-0.25, -0.2) is 0 Å². The maximum Gasteiger partial charge on any atom is 0.242 e. The van der Waals surface area contributed by atoms with Crippen molar-refractivity contribution in [1.29, 1.82) is 0 Å². The fraction of sp³-hybridized carbons (Fsp3) is 0.333. The van der Waals surface area contributed by atoms with E-state index < -0.39 is 0 Å². The number of halogens is 1. The van der Waals surface area contributed by atoms with Gasteiger partial charge in [-0.1, -0.05) is 0 Å². The highest BCUT2D eigenvalue weighted by Gasteiger charge is 2.25. The Morgan fingerprint density at radius 2 is 2.29 bits per heavy atom. The molecular formula is C12H13BrN2O2. The van der Waals surface area contributed by atoms with Crippen molar-refractivity contribution in [3.05, 3.63) is 28.2 Å². The summed E-state index contributed by atoms with van der Waals surface area (Å²) in [6.45, 7) is 3.30. The van der Waals surface area contributed by atoms with Crippen LogP contribution < -0.4 is 10.2 Å². The first-order valence-electron chi connectivity index (χ1n) is 5.42. The molecule has 0 aromatic heterocycles. The molecule has 0 radical (unpaired) electrons. The average molecular weight is 297 g/mol. The summed E-state index contributed by atoms with van der Waals surface area (Å²) in [5, 5.41) is 2.82. The van der Waals surface area contributed by atoms with Gasteiger partial charge in [0.1, 0.15) is 6.04 Å². The van der Waals surface area contributed by atoms with E-state index in [1.165, 1.54) is 0 Å². The first-order valence-corrected chi connectivity index (χ1v) is 6.22. The molecule has 1 aromatic rings. The molecule has 0 spiro atoms. The van der Waals surface area contributed by atoms with E-state index in [0.717, 1.165) is 23.0 Å². The summed E-state index contributed by atoms with van der Waals surface area (Å²) in [6, 6.07) is 5.31. The van der Waals surface area contributed by atoms with Crippen molar-refractivity contribution in [2.75, 3.05) is 18.0 Å². The van der Waals surface area contributed by atoms with E-state index >= 15 is 0 Å². The van der Waals surface area contributed by atoms with Gasteiger partial charge in [0.25, 0.3) is 0 Å². The predicted molar refractivity (Wildman–Crippen MR) is 69.3 cm³/mol. The molecule has 17 heavy (non-hydrogen) atoms. The molecule has 4 nitrogen and oxygen atoms in total. The molecule has 0 bridgehead atoms. The number of piperazine rings is 1. The third kappa shape index (κ3) is 2.34. The second-order valence-corrected chi connectivity index (χ2v) is 4.84. The van der Waals surface area contributed by atoms with Gasteiger partial charge in [-0.05, 0) is 41.1 Å². The third-order valence-corrected chi connectivity index (χ3v) is 3.63. The molecule has 1 saturated heterocycles. The summed E-state index contributed by atoms with van der Waals surface area (Å²) in [6.07, 6.45) is 0.806. The minimum atomic E-state index is -0.183. The van der Waals surface area contributed by atoms with E-state index in [0.29, 0.717) is 12.1 Å². The van der Waals surface area contributed by atoms with Crippen LogP contribution in [0, 0.1) is 0 Å². The molecule has 1 N–H and O–H groups in total. The van der Waals surface area contributed by atoms with E-state index in [-0.39, 0.29) is 11.9 Å². The Morgan fingerprint density at radius 3 is 2.94 bits per heavy atom. The molecule has 1 amide bonds. The number of benzene rings is 1. The Morgan fingerprint density at radius 1 is 1.53 bits per heavy atom. The second-order valence-electron chi connectivity index (χ2n) is 3.98. The standard InChI is InChI=1S/C12H13BrN2O2/c1-8-12(17)14-4-5-15(8)10-3-2-9(7-16)11(13)6-10/h2-3,6-8H,4-5H2,1H3,(H,14,17). The van der Waals surface area contributed by atoms with Crippen molar-refractivity contribution < 1.29 is 9.59 Å². The normalized spacial score (nSPS) is 20.0. The lowest BCUT2D eigenvalue weighted by atomic mass is 10.1. The van der Waals surface area contributed by atoms with Crippen molar-refractivity contribution in [3.63, 3.8) is 0 Å². The molecule has 0 saturated carbocycles. The van der Waals surface area contributed by atoms with Gasteiger partial charge < -0.3 is 10.2 Å². The van der Waals surface area contributed by atoms with Crippen LogP contribution in [0.15, 0.2) is 22.7 Å². The lowest BCUT2D eigenvalue weighted by Crippen LogP contribution is -2.54. The maximum absolute atomic E-state index is 11.6. The highest BCUT2D eigenvalue weighted by atomic mass is 79.9. The SMILES string of the molecule is CC1C(=O)NCCN1c1ccc(C=O)c(Br)c1. The van der Waals surface area contributed by atoms with Crippen molar-refractivity contribution in [1.82, 2.24) is 5.32 Å². The number of hydrogen-bond donors (Lipinski definition) is 1. The van der Waals surface area contributed by atoms with Crippen LogP contribution in [0.4, 0.5) is 5.69 Å². The van der Waals surface area contributed by atoms with Crippen LogP contribution in [-0.4, -0.2) is 31.3 Å². The van der Waals surface area contributed by atoms with Gasteiger partial charge in [0.2, 0.25) is 5.91 Å². The lowest BCUT2D eigenvalue weighted by molar-refractivity contribution is -0.122. The van der Waals surface area contributed by atoms with Gasteiger partial charge in [0, 0.05) is 28.8 Å². The van der Waals surface area contributed by atoms with Crippen LogP contribution in [-0.2, 0) is 4.79 Å². The molecule has 1 atom stereocenters. The minimum Gasteiger partial charge on any atom is -0.358 e. The van der Waals surface area contributed by atoms with Gasteiger partial charge in [-0.15, -0.1) is 0 Å². The minimum absolute atomic E-state index is 0.0341. The van der Waals surface area contributed by atoms with Crippen LogP contribution in [0.3, 0.4) is 0 Å². The van der Waals surface area contributed by atoms with Gasteiger partial charge in [-0.3, -0.25) is 9.59 Å². The van der Waals surface area contributed by atoms with E-state index in [1.807, 2.05) is 24.0 Å². The van der Waals surface area contributed by atoms with Crippen LogP contribution in [0.1, 0.15) is 17.3 Å². The Kier molecular flexibility index (Phi) is 3.47. The number of carbonyl (C=O) groups is 2. The number of anilines is 1. The topological polar surface area (TPSA) is 49.4 Å². The van der Waals surface area contributed by atoms with Crippen molar-refractivity contribution in [2.45, 2.75) is 13.0 Å². The molecule has 2 rings (SSSR count). The highest BCUT2D eigenvalue weighted by molar-refractivity contribution is 9.10. The summed E-state index contributed by atoms with van der Waals surface area (Å²) >= 11 is 3.35. The molecule has 1 unspecified atom stereocenters. The van der Waals surface area contributed by atoms with Gasteiger partial charge in [0.15, 0.2) is 6.29 Å². The fourth-order valence-electron chi connectivity index (χ4n) is 1.93. The Balaban J connectivity index is 2.30. The van der Waals surface area contributed by atoms with Crippen molar-refractivity contribution in [3.8, 4) is 0 Å². The molecule has 1 aliphatic heterocycles. The summed E-state index contributed by atoms with van der Waals surface area (Å²) in [7, 11) is 0. The zero-order chi connectivity index (χ0) is 12.4. The molecule has 1 heterocycles. The van der Waals surface area contributed by atoms with Crippen LogP contribution >= 0.6 is 15.9 Å². The zero-order valence-corrected chi connectivity index (χ0v) is 11.0. The summed E-state index contributed by atoms with van der Waals surface area (Å²) in [5.74, 6) is 0.0341. The van der Waals surface area contributed by atoms with Crippen LogP contribution in [0.25, 0.3) is 0 Å². The lowest BCUT2D eigenvalue weighted by Gasteiger charge is -2.34. The number of hydrogen-bond acceptors (Lipinski definition) is 3. The summed E-state index contributed by atoms with van der Waals surface area (Å²) in [5.41, 5.74) is 1.56. The van der Waals surface area contributed by atoms with Gasteiger partial charge in [-0.2, -0.15) is 0 Å². The number of aldehydes is 1. The molecule has 5 heteroatoms. The van der Waals surface area contributed by atoms with E-state index in [4.69, 9.17) is 0 Å². The number of nitrogens with one attached hydrogen (secondary N) is 1. The molecule has 1 aliphatic rings. The van der Waals surface area contributed by atoms with Crippen LogP contribution in [0.2, 0.25) is 0 Å². The molecule has 1 aromatic carbocycles. The number of carbonyl (C=O) groups excluding carboxylic acids is 2. The third-order valence-electron chi connectivity index (χ3n) is 2.94. The van der Waals surface area contributed by atoms with Gasteiger partial charge in [0.05, 0.1) is 0 Å². The summed E-state index contributed by atoms with van der Waals surface area (Å²) < 4.78 is 0.753. The quantitative estimate of drug-likeness (QED) is 0.843. The van der Waals surface area contributed by atoms with E-state index in [2.05, 4.69) is 21.2 Å². The fourth-order valence-corrected chi connectivity index (χ4v) is 2.39. The first kappa shape index (κ1) is 12.1. The van der Waals surface area contributed by atoms with E-state index in [9.17, 15) is 9.59 Å². The Labute approximate surface area is 108 Å². The highest BCUT2D eigenvalue weighted by Crippen LogP contribution is 2.25. The maximum atomic E-state index is 11.6. The van der Waals surface area contributed by atoms with Crippen molar-refractivity contribution in [2.24, 2.45) is 0 Å². The zero-order valence-electron chi connectivity index (χ0n) is 9.44. The predicted octanol–water partition coefficient (Wildman–Crippen LogP) is 1.59. The number of rotatable bonds is 2. The van der Waals surface area contributed by atoms with Crippen molar-refractivity contribution >= 4 is 33.8 Å². The summed E-state index contributed by atoms with van der Waals surface area (Å²) in [4.78, 5) is 24.3. The monoisotopic (exact) mass is 296 g/mol. The Bertz CT molecular complexity index is 462. The number of nitrogens with zero attached hydrogens (tertiary/aromatic N) is 1. The van der Waals surface area contributed by atoms with E-state index in [1.54, 1.807) is 6.07 Å². The van der Waals surface area contributed by atoms with Gasteiger partial charge >= 0.3 is 0 Å². The second kappa shape index (κ2) is 4.87. The smallest absolute Gasteiger partial charge is 0.242 e. The largest absolute Gasteiger partial charge is 0.358 e. The average Bonchev–Trinajstić information content (AvgIpc) is 2.32. The first-order chi connectivity index (χ1) is 8.13. The molecule has 0 aliphatic carbocycles. The van der Waals surface area contributed by atoms with Crippen LogP contribution in [0.5, 0.6) is 0 Å².